The lowest BCUT2D eigenvalue weighted by molar-refractivity contribution is 0.468. The Bertz CT molecular complexity index is 621. The van der Waals surface area contributed by atoms with E-state index in [9.17, 15) is 13.9 Å². The third-order valence-corrected chi connectivity index (χ3v) is 4.06. The molecule has 0 unspecified atom stereocenters. The quantitative estimate of drug-likeness (QED) is 0.682. The van der Waals surface area contributed by atoms with Gasteiger partial charge in [-0.15, -0.1) is 0 Å². The lowest BCUT2D eigenvalue weighted by Gasteiger charge is -2.11. The summed E-state index contributed by atoms with van der Waals surface area (Å²) in [4.78, 5) is 0. The first-order valence-electron chi connectivity index (χ1n) is 5.44. The van der Waals surface area contributed by atoms with Crippen molar-refractivity contribution in [2.75, 3.05) is 5.32 Å². The molecule has 0 aliphatic heterocycles. The van der Waals surface area contributed by atoms with E-state index in [0.717, 1.165) is 17.7 Å². The molecule has 2 N–H and O–H groups in total. The van der Waals surface area contributed by atoms with Gasteiger partial charge in [-0.2, -0.15) is 0 Å². The number of halogens is 5. The Kier molecular flexibility index (Phi) is 4.88. The van der Waals surface area contributed by atoms with Crippen molar-refractivity contribution in [1.82, 2.24) is 0 Å². The average molecular weight is 427 g/mol. The molecule has 0 heterocycles. The molecule has 0 saturated heterocycles. The van der Waals surface area contributed by atoms with E-state index in [4.69, 9.17) is 11.6 Å². The molecule has 0 aliphatic rings. The maximum atomic E-state index is 13.6. The van der Waals surface area contributed by atoms with Crippen LogP contribution in [-0.2, 0) is 6.54 Å². The third kappa shape index (κ3) is 3.42. The van der Waals surface area contributed by atoms with Gasteiger partial charge in [0.25, 0.3) is 0 Å². The van der Waals surface area contributed by atoms with E-state index < -0.39 is 11.6 Å². The Balaban J connectivity index is 2.21. The summed E-state index contributed by atoms with van der Waals surface area (Å²) in [5, 5.41) is 12.4. The van der Waals surface area contributed by atoms with E-state index >= 15 is 0 Å². The van der Waals surface area contributed by atoms with Crippen LogP contribution in [0.3, 0.4) is 0 Å². The van der Waals surface area contributed by atoms with Gasteiger partial charge < -0.3 is 10.4 Å². The van der Waals surface area contributed by atoms with Crippen LogP contribution < -0.4 is 5.32 Å². The minimum atomic E-state index is -0.757. The number of anilines is 1. The largest absolute Gasteiger partial charge is 0.506 e. The van der Waals surface area contributed by atoms with Crippen molar-refractivity contribution in [3.63, 3.8) is 0 Å². The van der Waals surface area contributed by atoms with Gasteiger partial charge in [0.2, 0.25) is 0 Å². The van der Waals surface area contributed by atoms with E-state index in [1.165, 1.54) is 0 Å². The number of hydrogen-bond acceptors (Lipinski definition) is 2. The molecule has 2 aromatic rings. The highest BCUT2D eigenvalue weighted by Gasteiger charge is 2.11. The topological polar surface area (TPSA) is 32.3 Å². The van der Waals surface area contributed by atoms with Crippen LogP contribution in [0.25, 0.3) is 0 Å². The molecule has 2 rings (SSSR count). The summed E-state index contributed by atoms with van der Waals surface area (Å²) in [6.07, 6.45) is 0. The lowest BCUT2D eigenvalue weighted by atomic mass is 10.2. The SMILES string of the molecule is Oc1c(Br)cc(CNc2c(F)cc(F)cc2Cl)cc1Br. The Morgan fingerprint density at radius 1 is 1.10 bits per heavy atom. The van der Waals surface area contributed by atoms with Gasteiger partial charge in [0.15, 0.2) is 5.82 Å². The highest BCUT2D eigenvalue weighted by Crippen LogP contribution is 2.34. The molecule has 106 valence electrons. The van der Waals surface area contributed by atoms with Crippen LogP contribution >= 0.6 is 43.5 Å². The number of rotatable bonds is 3. The first kappa shape index (κ1) is 15.5. The Hall–Kier alpha value is -0.850. The monoisotopic (exact) mass is 425 g/mol. The summed E-state index contributed by atoms with van der Waals surface area (Å²) in [6.45, 7) is 0.264. The van der Waals surface area contributed by atoms with Crippen molar-refractivity contribution in [2.24, 2.45) is 0 Å². The maximum absolute atomic E-state index is 13.6. The van der Waals surface area contributed by atoms with E-state index in [1.54, 1.807) is 12.1 Å². The van der Waals surface area contributed by atoms with E-state index in [2.05, 4.69) is 37.2 Å². The molecule has 2 aromatic carbocycles. The van der Waals surface area contributed by atoms with Gasteiger partial charge in [-0.25, -0.2) is 8.78 Å². The molecule has 0 saturated carbocycles. The second kappa shape index (κ2) is 6.28. The number of nitrogens with one attached hydrogen (secondary N) is 1. The highest BCUT2D eigenvalue weighted by atomic mass is 79.9. The van der Waals surface area contributed by atoms with E-state index in [0.29, 0.717) is 8.95 Å². The summed E-state index contributed by atoms with van der Waals surface area (Å²) in [7, 11) is 0. The van der Waals surface area contributed by atoms with Crippen LogP contribution in [0.4, 0.5) is 14.5 Å². The second-order valence-corrected chi connectivity index (χ2v) is 6.12. The van der Waals surface area contributed by atoms with Gasteiger partial charge in [-0.3, -0.25) is 0 Å². The molecule has 0 bridgehead atoms. The molecular weight excluding hydrogens is 419 g/mol. The first-order chi connectivity index (χ1) is 9.38. The van der Waals surface area contributed by atoms with Crippen molar-refractivity contribution in [1.29, 1.82) is 0 Å². The number of hydrogen-bond donors (Lipinski definition) is 2. The molecule has 0 amide bonds. The Labute approximate surface area is 136 Å². The zero-order valence-electron chi connectivity index (χ0n) is 9.85. The zero-order chi connectivity index (χ0) is 14.9. The summed E-state index contributed by atoms with van der Waals surface area (Å²) in [6, 6.07) is 5.16. The molecule has 0 aromatic heterocycles. The fourth-order valence-corrected chi connectivity index (χ4v) is 3.16. The van der Waals surface area contributed by atoms with Gasteiger partial charge >= 0.3 is 0 Å². The summed E-state index contributed by atoms with van der Waals surface area (Å²) in [5.41, 5.74) is 0.815. The predicted molar refractivity (Wildman–Crippen MR) is 82.2 cm³/mol. The molecule has 7 heteroatoms. The molecule has 20 heavy (non-hydrogen) atoms. The molecule has 0 spiro atoms. The van der Waals surface area contributed by atoms with Gasteiger partial charge in [-0.05, 0) is 55.6 Å². The normalized spacial score (nSPS) is 10.7. The van der Waals surface area contributed by atoms with Crippen molar-refractivity contribution >= 4 is 49.1 Å². The average Bonchev–Trinajstić information content (AvgIpc) is 2.34. The van der Waals surface area contributed by atoms with Gasteiger partial charge in [0.05, 0.1) is 19.7 Å². The van der Waals surface area contributed by atoms with Crippen LogP contribution in [0.1, 0.15) is 5.56 Å². The molecule has 0 atom stereocenters. The van der Waals surface area contributed by atoms with Gasteiger partial charge in [-0.1, -0.05) is 11.6 Å². The molecule has 0 aliphatic carbocycles. The van der Waals surface area contributed by atoms with Crippen molar-refractivity contribution in [3.05, 3.63) is 55.4 Å². The van der Waals surface area contributed by atoms with Crippen LogP contribution in [0.2, 0.25) is 5.02 Å². The Morgan fingerprint density at radius 2 is 1.70 bits per heavy atom. The number of phenols is 1. The first-order valence-corrected chi connectivity index (χ1v) is 7.40. The van der Waals surface area contributed by atoms with Crippen LogP contribution in [0.15, 0.2) is 33.2 Å². The van der Waals surface area contributed by atoms with Crippen LogP contribution in [-0.4, -0.2) is 5.11 Å². The zero-order valence-corrected chi connectivity index (χ0v) is 13.8. The highest BCUT2D eigenvalue weighted by molar-refractivity contribution is 9.11. The fraction of sp³-hybridized carbons (Fsp3) is 0.0769. The number of phenolic OH excluding ortho intramolecular Hbond substituents is 1. The summed E-state index contributed by atoms with van der Waals surface area (Å²) >= 11 is 12.2. The lowest BCUT2D eigenvalue weighted by Crippen LogP contribution is -2.03. The van der Waals surface area contributed by atoms with Crippen LogP contribution in [0, 0.1) is 11.6 Å². The molecule has 2 nitrogen and oxygen atoms in total. The standard InChI is InChI=1S/C13H8Br2ClF2NO/c14-8-1-6(2-9(15)13(8)20)5-19-12-10(16)3-7(17)4-11(12)18/h1-4,19-20H,5H2. The number of aromatic hydroxyl groups is 1. The van der Waals surface area contributed by atoms with Crippen molar-refractivity contribution < 1.29 is 13.9 Å². The fourth-order valence-electron chi connectivity index (χ4n) is 1.62. The van der Waals surface area contributed by atoms with Crippen molar-refractivity contribution in [2.45, 2.75) is 6.54 Å². The third-order valence-electron chi connectivity index (χ3n) is 2.55. The summed E-state index contributed by atoms with van der Waals surface area (Å²) in [5.74, 6) is -1.40. The molecule has 0 fully saturated rings. The smallest absolute Gasteiger partial charge is 0.150 e. The number of benzene rings is 2. The maximum Gasteiger partial charge on any atom is 0.150 e. The minimum Gasteiger partial charge on any atom is -0.506 e. The molecular formula is C13H8Br2ClF2NO. The second-order valence-electron chi connectivity index (χ2n) is 4.01. The minimum absolute atomic E-state index is 0.0283. The van der Waals surface area contributed by atoms with Crippen LogP contribution in [0.5, 0.6) is 5.75 Å². The van der Waals surface area contributed by atoms with E-state index in [-0.39, 0.29) is 23.0 Å². The van der Waals surface area contributed by atoms with E-state index in [1.807, 2.05) is 0 Å². The summed E-state index contributed by atoms with van der Waals surface area (Å²) < 4.78 is 27.5. The van der Waals surface area contributed by atoms with Gasteiger partial charge in [0, 0.05) is 12.6 Å². The predicted octanol–water partition coefficient (Wildman–Crippen LogP) is 5.46. The van der Waals surface area contributed by atoms with Crippen molar-refractivity contribution in [3.8, 4) is 5.75 Å². The van der Waals surface area contributed by atoms with Gasteiger partial charge in [0.1, 0.15) is 11.6 Å². The molecule has 0 radical (unpaired) electrons. The Morgan fingerprint density at radius 3 is 2.25 bits per heavy atom.